The summed E-state index contributed by atoms with van der Waals surface area (Å²) < 4.78 is 21.1. The van der Waals surface area contributed by atoms with Crippen LogP contribution in [-0.2, 0) is 14.2 Å². The molecule has 0 saturated carbocycles. The Balaban J connectivity index is 0.000000132. The second-order valence-corrected chi connectivity index (χ2v) is 21.5. The molecule has 78 heavy (non-hydrogen) atoms. The number of imidazole rings is 3. The number of hydrogen-bond donors (Lipinski definition) is 3. The Kier molecular flexibility index (Phi) is 17.4. The van der Waals surface area contributed by atoms with E-state index >= 15 is 0 Å². The normalized spacial score (nSPS) is 22.2. The summed E-state index contributed by atoms with van der Waals surface area (Å²) in [6.45, 7) is 17.1. The number of nitrogens with one attached hydrogen (secondary N) is 3. The first kappa shape index (κ1) is 54.5. The van der Waals surface area contributed by atoms with Gasteiger partial charge in [0.15, 0.2) is 0 Å². The van der Waals surface area contributed by atoms with Gasteiger partial charge in [0, 0.05) is 115 Å². The van der Waals surface area contributed by atoms with Gasteiger partial charge in [-0.3, -0.25) is 28.4 Å². The average molecular weight is 1080 g/mol. The van der Waals surface area contributed by atoms with Crippen LogP contribution in [0.1, 0.15) is 96.7 Å². The fourth-order valence-corrected chi connectivity index (χ4v) is 13.1. The first-order valence-electron chi connectivity index (χ1n) is 28.6. The Morgan fingerprint density at radius 2 is 0.628 bits per heavy atom. The zero-order chi connectivity index (χ0) is 54.3. The number of carbonyl (C=O) groups excluding carboxylic acids is 3. The van der Waals surface area contributed by atoms with Crippen LogP contribution in [0, 0.1) is 0 Å². The van der Waals surface area contributed by atoms with E-state index in [0.717, 1.165) is 169 Å². The molecule has 21 nitrogen and oxygen atoms in total. The van der Waals surface area contributed by atoms with Gasteiger partial charge in [-0.1, -0.05) is 36.4 Å². The molecule has 21 heteroatoms. The number of nitrogens with zero attached hydrogens (tertiary/aromatic N) is 9. The molecule has 9 heterocycles. The van der Waals surface area contributed by atoms with Crippen molar-refractivity contribution in [3.8, 4) is 0 Å². The van der Waals surface area contributed by atoms with Crippen LogP contribution in [0.15, 0.2) is 87.2 Å². The molecule has 3 atom stereocenters. The third-order valence-corrected chi connectivity index (χ3v) is 17.1. The number of amides is 3. The van der Waals surface area contributed by atoms with Crippen molar-refractivity contribution in [2.45, 2.75) is 115 Å². The van der Waals surface area contributed by atoms with E-state index < -0.39 is 0 Å². The number of likely N-dealkylation sites (tertiary alicyclic amines) is 6. The predicted molar refractivity (Wildman–Crippen MR) is 298 cm³/mol. The zero-order valence-electron chi connectivity index (χ0n) is 45.6. The summed E-state index contributed by atoms with van der Waals surface area (Å²) in [6, 6.07) is 25.5. The zero-order valence-corrected chi connectivity index (χ0v) is 45.6. The van der Waals surface area contributed by atoms with Crippen molar-refractivity contribution in [1.82, 2.24) is 58.1 Å². The number of aromatic nitrogens is 6. The van der Waals surface area contributed by atoms with Gasteiger partial charge in [-0.25, -0.2) is 28.8 Å². The van der Waals surface area contributed by atoms with E-state index in [-0.39, 0.29) is 53.5 Å². The van der Waals surface area contributed by atoms with Crippen molar-refractivity contribution < 1.29 is 28.6 Å². The molecular weight excluding hydrogens is 997 g/mol. The maximum Gasteiger partial charge on any atom is 0.409 e. The van der Waals surface area contributed by atoms with Gasteiger partial charge in [0.2, 0.25) is 0 Å². The molecule has 3 aromatic carbocycles. The highest BCUT2D eigenvalue weighted by molar-refractivity contribution is 5.76. The molecule has 12 rings (SSSR count). The largest absolute Gasteiger partial charge is 0.450 e. The summed E-state index contributed by atoms with van der Waals surface area (Å²) in [7, 11) is 0. The molecule has 0 radical (unpaired) electrons. The van der Waals surface area contributed by atoms with Crippen LogP contribution in [0.2, 0.25) is 0 Å². The number of ether oxygens (including phenoxy) is 3. The number of hydrogen-bond acceptors (Lipinski definition) is 12. The van der Waals surface area contributed by atoms with Crippen molar-refractivity contribution in [1.29, 1.82) is 0 Å². The Bertz CT molecular complexity index is 2840. The van der Waals surface area contributed by atoms with E-state index in [4.69, 9.17) is 14.2 Å². The maximum atomic E-state index is 12.4. The SMILES string of the molecule is CCOC(=O)N1CCC(N2CCC(n3c(=O)[nH]c4ccccc43)CC2)C1.CCOC(=O)N1CC[C@@H](N2CCC(n3c(=O)[nH]c4ccccc43)CC2)C1.CCOC(=O)N1CC[C@H](N2CCC(n3c(=O)[nH]c4ccccc43)CC2)C1. The van der Waals surface area contributed by atoms with Crippen molar-refractivity contribution >= 4 is 51.4 Å². The molecule has 6 aromatic rings. The fourth-order valence-electron chi connectivity index (χ4n) is 13.1. The molecule has 6 aliphatic heterocycles. The van der Waals surface area contributed by atoms with Gasteiger partial charge in [-0.05, 0) is 115 Å². The van der Waals surface area contributed by atoms with E-state index in [1.807, 2.05) is 122 Å². The van der Waals surface area contributed by atoms with Crippen molar-refractivity contribution in [2.75, 3.05) is 98.4 Å². The molecule has 0 aliphatic carbocycles. The van der Waals surface area contributed by atoms with Crippen molar-refractivity contribution in [2.24, 2.45) is 0 Å². The minimum absolute atomic E-state index is 0.0148. The predicted octanol–water partition coefficient (Wildman–Crippen LogP) is 6.59. The van der Waals surface area contributed by atoms with Crippen LogP contribution in [0.4, 0.5) is 14.4 Å². The average Bonchev–Trinajstić information content (AvgIpc) is 4.45. The molecule has 0 spiro atoms. The summed E-state index contributed by atoms with van der Waals surface area (Å²) in [5.41, 5.74) is 5.64. The summed E-state index contributed by atoms with van der Waals surface area (Å²) >= 11 is 0. The number of H-pyrrole nitrogens is 3. The Hall–Kier alpha value is -6.84. The second-order valence-electron chi connectivity index (χ2n) is 21.5. The van der Waals surface area contributed by atoms with Gasteiger partial charge in [0.25, 0.3) is 0 Å². The van der Waals surface area contributed by atoms with Gasteiger partial charge in [0.1, 0.15) is 0 Å². The summed E-state index contributed by atoms with van der Waals surface area (Å²) in [4.78, 5) is 94.5. The second kappa shape index (κ2) is 24.9. The topological polar surface area (TPSA) is 212 Å². The Morgan fingerprint density at radius 1 is 0.385 bits per heavy atom. The first-order valence-corrected chi connectivity index (χ1v) is 28.6. The van der Waals surface area contributed by atoms with Crippen LogP contribution >= 0.6 is 0 Å². The Morgan fingerprint density at radius 3 is 0.885 bits per heavy atom. The minimum Gasteiger partial charge on any atom is -0.450 e. The number of fused-ring (bicyclic) bond motifs is 3. The summed E-state index contributed by atoms with van der Waals surface area (Å²) in [6.07, 6.45) is 8.13. The van der Waals surface area contributed by atoms with Crippen molar-refractivity contribution in [3.63, 3.8) is 0 Å². The lowest BCUT2D eigenvalue weighted by molar-refractivity contribution is 0.104. The maximum absolute atomic E-state index is 12.4. The standard InChI is InChI=1S/3C19H26N4O3/c3*1-2-26-19(25)22-12-9-15(13-22)21-10-7-14(8-11-21)23-17-6-4-3-5-16(17)20-18(23)24/h3*3-6,14-15H,2,7-13H2,1H3,(H,20,24)/t2*15-;/m10./s1. The molecule has 3 aromatic heterocycles. The molecular formula is C57H78N12O9. The van der Waals surface area contributed by atoms with E-state index in [0.29, 0.717) is 37.9 Å². The highest BCUT2D eigenvalue weighted by Crippen LogP contribution is 2.31. The number of aromatic amines is 3. The van der Waals surface area contributed by atoms with Crippen LogP contribution in [0.3, 0.4) is 0 Å². The molecule has 0 bridgehead atoms. The lowest BCUT2D eigenvalue weighted by atomic mass is 10.0. The van der Waals surface area contributed by atoms with Gasteiger partial charge < -0.3 is 43.9 Å². The molecule has 420 valence electrons. The fraction of sp³-hybridized carbons (Fsp3) is 0.579. The van der Waals surface area contributed by atoms with Gasteiger partial charge in [-0.2, -0.15) is 0 Å². The lowest BCUT2D eigenvalue weighted by Gasteiger charge is -2.36. The number of rotatable bonds is 9. The van der Waals surface area contributed by atoms with Gasteiger partial charge >= 0.3 is 35.3 Å². The first-order chi connectivity index (χ1) is 38.0. The van der Waals surface area contributed by atoms with E-state index in [1.54, 1.807) is 0 Å². The van der Waals surface area contributed by atoms with Crippen LogP contribution < -0.4 is 17.1 Å². The highest BCUT2D eigenvalue weighted by Gasteiger charge is 2.37. The van der Waals surface area contributed by atoms with Crippen LogP contribution in [-0.4, -0.2) is 193 Å². The molecule has 6 fully saturated rings. The Labute approximate surface area is 453 Å². The smallest absolute Gasteiger partial charge is 0.409 e. The van der Waals surface area contributed by atoms with E-state index in [9.17, 15) is 28.8 Å². The highest BCUT2D eigenvalue weighted by atomic mass is 16.6. The van der Waals surface area contributed by atoms with E-state index in [2.05, 4.69) is 29.7 Å². The molecule has 3 amide bonds. The van der Waals surface area contributed by atoms with Crippen LogP contribution in [0.25, 0.3) is 33.1 Å². The minimum atomic E-state index is -0.199. The van der Waals surface area contributed by atoms with Crippen LogP contribution in [0.5, 0.6) is 0 Å². The summed E-state index contributed by atoms with van der Waals surface area (Å²) in [5, 5.41) is 0. The molecule has 6 saturated heterocycles. The molecule has 3 N–H and O–H groups in total. The van der Waals surface area contributed by atoms with Gasteiger partial charge in [-0.15, -0.1) is 0 Å². The number of benzene rings is 3. The molecule has 6 aliphatic rings. The third-order valence-electron chi connectivity index (χ3n) is 17.1. The molecule has 1 unspecified atom stereocenters. The number of carbonyl (C=O) groups is 3. The van der Waals surface area contributed by atoms with E-state index in [1.165, 1.54) is 0 Å². The number of para-hydroxylation sites is 6. The van der Waals surface area contributed by atoms with Gasteiger partial charge in [0.05, 0.1) is 52.9 Å². The summed E-state index contributed by atoms with van der Waals surface area (Å²) in [5.74, 6) is 0. The quantitative estimate of drug-likeness (QED) is 0.131. The lowest BCUT2D eigenvalue weighted by Crippen LogP contribution is -2.44. The number of piperidine rings is 3. The monoisotopic (exact) mass is 1070 g/mol. The third kappa shape index (κ3) is 11.9. The van der Waals surface area contributed by atoms with Crippen molar-refractivity contribution in [3.05, 3.63) is 104 Å².